The molecule has 0 fully saturated rings. The topological polar surface area (TPSA) is 64.1 Å². The standard InChI is InChI=1S/C14H15N3O2/c1-9-5-4-6-11(10(9)2)17-13-8-15-12(7-16-13)14(18)19-3/h4-8H,1-3H3,(H,16,17). The summed E-state index contributed by atoms with van der Waals surface area (Å²) < 4.78 is 4.57. The van der Waals surface area contributed by atoms with Gasteiger partial charge in [-0.1, -0.05) is 12.1 Å². The molecule has 0 atom stereocenters. The number of nitrogens with zero attached hydrogens (tertiary/aromatic N) is 2. The molecule has 0 aliphatic carbocycles. The number of carbonyl (C=O) groups is 1. The molecule has 0 bridgehead atoms. The first-order chi connectivity index (χ1) is 9.11. The van der Waals surface area contributed by atoms with Crippen molar-refractivity contribution in [1.29, 1.82) is 0 Å². The third-order valence-corrected chi connectivity index (χ3v) is 2.91. The monoisotopic (exact) mass is 257 g/mol. The van der Waals surface area contributed by atoms with Crippen molar-refractivity contribution < 1.29 is 9.53 Å². The van der Waals surface area contributed by atoms with E-state index in [2.05, 4.69) is 20.0 Å². The van der Waals surface area contributed by atoms with Gasteiger partial charge in [-0.05, 0) is 31.0 Å². The number of esters is 1. The molecule has 5 nitrogen and oxygen atoms in total. The zero-order valence-electron chi connectivity index (χ0n) is 11.1. The number of methoxy groups -OCH3 is 1. The van der Waals surface area contributed by atoms with Gasteiger partial charge < -0.3 is 10.1 Å². The number of aromatic nitrogens is 2. The minimum absolute atomic E-state index is 0.189. The highest BCUT2D eigenvalue weighted by molar-refractivity contribution is 5.86. The smallest absolute Gasteiger partial charge is 0.358 e. The molecule has 0 saturated heterocycles. The molecule has 0 aliphatic rings. The SMILES string of the molecule is COC(=O)c1cnc(Nc2cccc(C)c2C)cn1. The Morgan fingerprint density at radius 2 is 2.00 bits per heavy atom. The maximum absolute atomic E-state index is 11.2. The van der Waals surface area contributed by atoms with Crippen molar-refractivity contribution in [3.05, 3.63) is 47.4 Å². The molecule has 0 spiro atoms. The van der Waals surface area contributed by atoms with E-state index in [1.54, 1.807) is 0 Å². The fourth-order valence-corrected chi connectivity index (χ4v) is 1.63. The van der Waals surface area contributed by atoms with Crippen molar-refractivity contribution in [3.8, 4) is 0 Å². The van der Waals surface area contributed by atoms with E-state index in [0.29, 0.717) is 5.82 Å². The van der Waals surface area contributed by atoms with Crippen LogP contribution < -0.4 is 5.32 Å². The molecule has 0 amide bonds. The van der Waals surface area contributed by atoms with Crippen LogP contribution in [0.15, 0.2) is 30.6 Å². The summed E-state index contributed by atoms with van der Waals surface area (Å²) in [6, 6.07) is 5.99. The molecule has 98 valence electrons. The van der Waals surface area contributed by atoms with Gasteiger partial charge in [-0.2, -0.15) is 0 Å². The van der Waals surface area contributed by atoms with Gasteiger partial charge in [0.05, 0.1) is 19.5 Å². The van der Waals surface area contributed by atoms with Crippen molar-refractivity contribution in [1.82, 2.24) is 9.97 Å². The van der Waals surface area contributed by atoms with E-state index in [4.69, 9.17) is 0 Å². The van der Waals surface area contributed by atoms with Gasteiger partial charge in [-0.25, -0.2) is 14.8 Å². The van der Waals surface area contributed by atoms with Gasteiger partial charge in [0.2, 0.25) is 0 Å². The van der Waals surface area contributed by atoms with Crippen molar-refractivity contribution in [3.63, 3.8) is 0 Å². The first kappa shape index (κ1) is 13.0. The van der Waals surface area contributed by atoms with E-state index in [-0.39, 0.29) is 5.69 Å². The lowest BCUT2D eigenvalue weighted by atomic mass is 10.1. The van der Waals surface area contributed by atoms with Gasteiger partial charge in [-0.3, -0.25) is 0 Å². The van der Waals surface area contributed by atoms with Crippen molar-refractivity contribution >= 4 is 17.5 Å². The number of aryl methyl sites for hydroxylation is 1. The molecule has 1 N–H and O–H groups in total. The number of carbonyl (C=O) groups excluding carboxylic acids is 1. The van der Waals surface area contributed by atoms with Crippen LogP contribution in [0.4, 0.5) is 11.5 Å². The molecule has 0 radical (unpaired) electrons. The van der Waals surface area contributed by atoms with Crippen molar-refractivity contribution in [2.75, 3.05) is 12.4 Å². The summed E-state index contributed by atoms with van der Waals surface area (Å²) in [4.78, 5) is 19.4. The van der Waals surface area contributed by atoms with Gasteiger partial charge >= 0.3 is 5.97 Å². The third kappa shape index (κ3) is 2.88. The fourth-order valence-electron chi connectivity index (χ4n) is 1.63. The van der Waals surface area contributed by atoms with E-state index in [9.17, 15) is 4.79 Å². The summed E-state index contributed by atoms with van der Waals surface area (Å²) in [5, 5.41) is 3.17. The Balaban J connectivity index is 2.20. The molecule has 1 heterocycles. The number of hydrogen-bond donors (Lipinski definition) is 1. The highest BCUT2D eigenvalue weighted by Gasteiger charge is 2.08. The molecule has 1 aromatic carbocycles. The Hall–Kier alpha value is -2.43. The van der Waals surface area contributed by atoms with Gasteiger partial charge in [0, 0.05) is 5.69 Å². The zero-order valence-corrected chi connectivity index (χ0v) is 11.1. The quantitative estimate of drug-likeness (QED) is 0.856. The molecule has 2 aromatic rings. The van der Waals surface area contributed by atoms with E-state index in [1.807, 2.05) is 32.0 Å². The van der Waals surface area contributed by atoms with Crippen LogP contribution in [0.25, 0.3) is 0 Å². The molecular weight excluding hydrogens is 242 g/mol. The number of hydrogen-bond acceptors (Lipinski definition) is 5. The van der Waals surface area contributed by atoms with Crippen molar-refractivity contribution in [2.45, 2.75) is 13.8 Å². The van der Waals surface area contributed by atoms with Gasteiger partial charge in [0.15, 0.2) is 5.69 Å². The zero-order chi connectivity index (χ0) is 13.8. The second-order valence-corrected chi connectivity index (χ2v) is 4.15. The first-order valence-corrected chi connectivity index (χ1v) is 5.85. The Labute approximate surface area is 111 Å². The molecule has 5 heteroatoms. The summed E-state index contributed by atoms with van der Waals surface area (Å²) >= 11 is 0. The molecule has 0 unspecified atom stereocenters. The largest absolute Gasteiger partial charge is 0.464 e. The maximum atomic E-state index is 11.2. The lowest BCUT2D eigenvalue weighted by Crippen LogP contribution is -2.06. The van der Waals surface area contributed by atoms with E-state index in [1.165, 1.54) is 25.1 Å². The van der Waals surface area contributed by atoms with Crippen LogP contribution in [0.2, 0.25) is 0 Å². The lowest BCUT2D eigenvalue weighted by molar-refractivity contribution is 0.0593. The number of nitrogens with one attached hydrogen (secondary N) is 1. The summed E-state index contributed by atoms with van der Waals surface area (Å²) in [5.41, 5.74) is 3.51. The minimum Gasteiger partial charge on any atom is -0.464 e. The normalized spacial score (nSPS) is 10.1. The van der Waals surface area contributed by atoms with Crippen molar-refractivity contribution in [2.24, 2.45) is 0 Å². The first-order valence-electron chi connectivity index (χ1n) is 5.85. The average molecular weight is 257 g/mol. The lowest BCUT2D eigenvalue weighted by Gasteiger charge is -2.10. The van der Waals surface area contributed by atoms with E-state index < -0.39 is 5.97 Å². The highest BCUT2D eigenvalue weighted by Crippen LogP contribution is 2.21. The van der Waals surface area contributed by atoms with Gasteiger partial charge in [0.25, 0.3) is 0 Å². The summed E-state index contributed by atoms with van der Waals surface area (Å²) in [6.07, 6.45) is 2.90. The molecule has 19 heavy (non-hydrogen) atoms. The summed E-state index contributed by atoms with van der Waals surface area (Å²) in [6.45, 7) is 4.08. The molecule has 0 aliphatic heterocycles. The van der Waals surface area contributed by atoms with E-state index >= 15 is 0 Å². The van der Waals surface area contributed by atoms with Crippen LogP contribution >= 0.6 is 0 Å². The van der Waals surface area contributed by atoms with Crippen LogP contribution in [0, 0.1) is 13.8 Å². The van der Waals surface area contributed by atoms with Crippen LogP contribution in [-0.2, 0) is 4.74 Å². The van der Waals surface area contributed by atoms with E-state index in [0.717, 1.165) is 11.3 Å². The van der Waals surface area contributed by atoms with Gasteiger partial charge in [0.1, 0.15) is 5.82 Å². The van der Waals surface area contributed by atoms with Crippen LogP contribution in [0.5, 0.6) is 0 Å². The number of ether oxygens (including phenoxy) is 1. The summed E-state index contributed by atoms with van der Waals surface area (Å²) in [7, 11) is 1.31. The number of rotatable bonds is 3. The molecule has 0 saturated carbocycles. The second kappa shape index (κ2) is 5.48. The average Bonchev–Trinajstić information content (AvgIpc) is 2.44. The molecular formula is C14H15N3O2. The second-order valence-electron chi connectivity index (χ2n) is 4.15. The Kier molecular flexibility index (Phi) is 3.75. The Morgan fingerprint density at radius 3 is 2.63 bits per heavy atom. The highest BCUT2D eigenvalue weighted by atomic mass is 16.5. The fraction of sp³-hybridized carbons (Fsp3) is 0.214. The van der Waals surface area contributed by atoms with Crippen LogP contribution in [0.3, 0.4) is 0 Å². The summed E-state index contributed by atoms with van der Waals surface area (Å²) in [5.74, 6) is 0.0899. The predicted molar refractivity (Wildman–Crippen MR) is 72.6 cm³/mol. The number of anilines is 2. The predicted octanol–water partition coefficient (Wildman–Crippen LogP) is 2.62. The van der Waals surface area contributed by atoms with Crippen LogP contribution in [-0.4, -0.2) is 23.0 Å². The molecule has 2 rings (SSSR count). The van der Waals surface area contributed by atoms with Crippen LogP contribution in [0.1, 0.15) is 21.6 Å². The van der Waals surface area contributed by atoms with Gasteiger partial charge in [-0.15, -0.1) is 0 Å². The minimum atomic E-state index is -0.495. The Morgan fingerprint density at radius 1 is 1.21 bits per heavy atom. The maximum Gasteiger partial charge on any atom is 0.358 e. The molecule has 1 aromatic heterocycles. The Bertz CT molecular complexity index is 594. The number of benzene rings is 1. The third-order valence-electron chi connectivity index (χ3n) is 2.91.